The van der Waals surface area contributed by atoms with Crippen LogP contribution in [0.1, 0.15) is 26.2 Å². The van der Waals surface area contributed by atoms with E-state index in [1.54, 1.807) is 6.92 Å². The third-order valence-electron chi connectivity index (χ3n) is 2.18. The van der Waals surface area contributed by atoms with Crippen molar-refractivity contribution >= 4 is 11.9 Å². The van der Waals surface area contributed by atoms with Gasteiger partial charge in [-0.25, -0.2) is 0 Å². The summed E-state index contributed by atoms with van der Waals surface area (Å²) in [5, 5.41) is 8.82. The van der Waals surface area contributed by atoms with Crippen LogP contribution in [0.25, 0.3) is 0 Å². The zero-order chi connectivity index (χ0) is 9.19. The molecule has 1 heterocycles. The van der Waals surface area contributed by atoms with E-state index < -0.39 is 11.4 Å². The number of carbonyl (C=O) groups is 2. The molecular formula is C8H12O4. The van der Waals surface area contributed by atoms with Crippen LogP contribution in [0.4, 0.5) is 0 Å². The number of carboxylic acid groups (broad SMARTS) is 1. The molecule has 0 saturated carbocycles. The van der Waals surface area contributed by atoms with Crippen LogP contribution in [0.2, 0.25) is 0 Å². The van der Waals surface area contributed by atoms with Crippen LogP contribution < -0.4 is 0 Å². The standard InChI is InChI=1S/C8H12O4/c1-8(7(10)11)4-2-3-6(9)12-5-8/h2-5H2,1H3,(H,10,11). The van der Waals surface area contributed by atoms with Gasteiger partial charge in [-0.05, 0) is 19.8 Å². The van der Waals surface area contributed by atoms with E-state index in [-0.39, 0.29) is 12.6 Å². The van der Waals surface area contributed by atoms with Crippen molar-refractivity contribution in [1.82, 2.24) is 0 Å². The number of cyclic esters (lactones) is 1. The summed E-state index contributed by atoms with van der Waals surface area (Å²) in [4.78, 5) is 21.5. The number of carbonyl (C=O) groups excluding carboxylic acids is 1. The third-order valence-corrected chi connectivity index (χ3v) is 2.18. The zero-order valence-electron chi connectivity index (χ0n) is 7.00. The van der Waals surface area contributed by atoms with Crippen molar-refractivity contribution in [3.8, 4) is 0 Å². The van der Waals surface area contributed by atoms with E-state index in [1.807, 2.05) is 0 Å². The van der Waals surface area contributed by atoms with Crippen LogP contribution >= 0.6 is 0 Å². The molecule has 0 aromatic rings. The largest absolute Gasteiger partial charge is 0.481 e. The van der Waals surface area contributed by atoms with Gasteiger partial charge in [0, 0.05) is 6.42 Å². The minimum atomic E-state index is -0.891. The van der Waals surface area contributed by atoms with E-state index in [0.29, 0.717) is 19.3 Å². The van der Waals surface area contributed by atoms with Gasteiger partial charge in [-0.2, -0.15) is 0 Å². The lowest BCUT2D eigenvalue weighted by molar-refractivity contribution is -0.155. The molecule has 1 unspecified atom stereocenters. The molecule has 4 heteroatoms. The lowest BCUT2D eigenvalue weighted by Crippen LogP contribution is -2.31. The fourth-order valence-electron chi connectivity index (χ4n) is 1.18. The van der Waals surface area contributed by atoms with E-state index in [9.17, 15) is 9.59 Å². The Bertz CT molecular complexity index is 211. The maximum absolute atomic E-state index is 10.8. The molecule has 0 bridgehead atoms. The highest BCUT2D eigenvalue weighted by atomic mass is 16.5. The maximum Gasteiger partial charge on any atom is 0.312 e. The first kappa shape index (κ1) is 9.03. The van der Waals surface area contributed by atoms with Crippen molar-refractivity contribution in [1.29, 1.82) is 0 Å². The summed E-state index contributed by atoms with van der Waals surface area (Å²) in [6.07, 6.45) is 1.44. The van der Waals surface area contributed by atoms with Crippen molar-refractivity contribution in [3.05, 3.63) is 0 Å². The number of hydrogen-bond donors (Lipinski definition) is 1. The molecule has 4 nitrogen and oxygen atoms in total. The summed E-state index contributed by atoms with van der Waals surface area (Å²) >= 11 is 0. The molecule has 0 amide bonds. The van der Waals surface area contributed by atoms with E-state index in [2.05, 4.69) is 0 Å². The number of esters is 1. The molecule has 0 radical (unpaired) electrons. The van der Waals surface area contributed by atoms with Crippen molar-refractivity contribution in [2.24, 2.45) is 5.41 Å². The van der Waals surface area contributed by atoms with Crippen LogP contribution in [0.3, 0.4) is 0 Å². The molecule has 0 aliphatic carbocycles. The van der Waals surface area contributed by atoms with Crippen LogP contribution in [0.15, 0.2) is 0 Å². The summed E-state index contributed by atoms with van der Waals surface area (Å²) in [7, 11) is 0. The molecule has 1 rings (SSSR count). The average molecular weight is 172 g/mol. The highest BCUT2D eigenvalue weighted by Crippen LogP contribution is 2.27. The van der Waals surface area contributed by atoms with Gasteiger partial charge in [-0.15, -0.1) is 0 Å². The van der Waals surface area contributed by atoms with Crippen molar-refractivity contribution in [2.75, 3.05) is 6.61 Å². The predicted molar refractivity (Wildman–Crippen MR) is 40.6 cm³/mol. The Hall–Kier alpha value is -1.06. The number of carboxylic acids is 1. The SMILES string of the molecule is CC1(C(=O)O)CCCC(=O)OC1. The first-order chi connectivity index (χ1) is 5.54. The molecule has 1 aliphatic rings. The number of hydrogen-bond acceptors (Lipinski definition) is 3. The van der Waals surface area contributed by atoms with Gasteiger partial charge >= 0.3 is 11.9 Å². The number of aliphatic carboxylic acids is 1. The Balaban J connectivity index is 2.67. The first-order valence-electron chi connectivity index (χ1n) is 3.94. The fourth-order valence-corrected chi connectivity index (χ4v) is 1.18. The average Bonchev–Trinajstić information content (AvgIpc) is 2.15. The molecule has 1 atom stereocenters. The second-order valence-corrected chi connectivity index (χ2v) is 3.38. The van der Waals surface area contributed by atoms with Gasteiger partial charge in [0.05, 0.1) is 5.41 Å². The van der Waals surface area contributed by atoms with Gasteiger partial charge in [0.25, 0.3) is 0 Å². The monoisotopic (exact) mass is 172 g/mol. The summed E-state index contributed by atoms with van der Waals surface area (Å²) in [5.74, 6) is -1.18. The molecule has 0 spiro atoms. The Morgan fingerprint density at radius 2 is 2.33 bits per heavy atom. The van der Waals surface area contributed by atoms with Gasteiger partial charge < -0.3 is 9.84 Å². The minimum absolute atomic E-state index is 0.00116. The van der Waals surface area contributed by atoms with E-state index in [4.69, 9.17) is 9.84 Å². The van der Waals surface area contributed by atoms with Gasteiger partial charge in [-0.3, -0.25) is 9.59 Å². The molecule has 1 N–H and O–H groups in total. The van der Waals surface area contributed by atoms with Gasteiger partial charge in [0.2, 0.25) is 0 Å². The maximum atomic E-state index is 10.8. The quantitative estimate of drug-likeness (QED) is 0.594. The van der Waals surface area contributed by atoms with Crippen molar-refractivity contribution < 1.29 is 19.4 Å². The second-order valence-electron chi connectivity index (χ2n) is 3.38. The second kappa shape index (κ2) is 3.13. The minimum Gasteiger partial charge on any atom is -0.481 e. The molecule has 1 saturated heterocycles. The molecule has 1 fully saturated rings. The summed E-state index contributed by atoms with van der Waals surface area (Å²) in [6.45, 7) is 1.61. The summed E-state index contributed by atoms with van der Waals surface area (Å²) in [5.41, 5.74) is -0.883. The Morgan fingerprint density at radius 3 is 2.92 bits per heavy atom. The Labute approximate surface area is 70.5 Å². The Morgan fingerprint density at radius 1 is 1.67 bits per heavy atom. The van der Waals surface area contributed by atoms with Gasteiger partial charge in [0.1, 0.15) is 6.61 Å². The molecule has 68 valence electrons. The summed E-state index contributed by atoms with van der Waals surface area (Å²) < 4.78 is 4.76. The van der Waals surface area contributed by atoms with Gasteiger partial charge in [0.15, 0.2) is 0 Å². The highest BCUT2D eigenvalue weighted by Gasteiger charge is 2.36. The predicted octanol–water partition coefficient (Wildman–Crippen LogP) is 0.804. The smallest absolute Gasteiger partial charge is 0.312 e. The molecule has 1 aliphatic heterocycles. The van der Waals surface area contributed by atoms with Crippen LogP contribution in [0.5, 0.6) is 0 Å². The molecule has 0 aromatic carbocycles. The topological polar surface area (TPSA) is 63.6 Å². The van der Waals surface area contributed by atoms with E-state index in [0.717, 1.165) is 0 Å². The van der Waals surface area contributed by atoms with Crippen LogP contribution in [-0.2, 0) is 14.3 Å². The Kier molecular flexibility index (Phi) is 2.35. The normalized spacial score (nSPS) is 30.6. The van der Waals surface area contributed by atoms with E-state index in [1.165, 1.54) is 0 Å². The lowest BCUT2D eigenvalue weighted by Gasteiger charge is -2.20. The van der Waals surface area contributed by atoms with Crippen molar-refractivity contribution in [2.45, 2.75) is 26.2 Å². The van der Waals surface area contributed by atoms with Crippen LogP contribution in [0, 0.1) is 5.41 Å². The zero-order valence-corrected chi connectivity index (χ0v) is 7.00. The first-order valence-corrected chi connectivity index (χ1v) is 3.94. The van der Waals surface area contributed by atoms with Gasteiger partial charge in [-0.1, -0.05) is 0 Å². The fraction of sp³-hybridized carbons (Fsp3) is 0.750. The molecular weight excluding hydrogens is 160 g/mol. The molecule has 12 heavy (non-hydrogen) atoms. The number of rotatable bonds is 1. The molecule has 0 aromatic heterocycles. The van der Waals surface area contributed by atoms with Crippen LogP contribution in [-0.4, -0.2) is 23.7 Å². The summed E-state index contributed by atoms with van der Waals surface area (Å²) in [6, 6.07) is 0. The third kappa shape index (κ3) is 1.75. The van der Waals surface area contributed by atoms with Crippen molar-refractivity contribution in [3.63, 3.8) is 0 Å². The lowest BCUT2D eigenvalue weighted by atomic mass is 9.87. The van der Waals surface area contributed by atoms with E-state index >= 15 is 0 Å². The number of ether oxygens (including phenoxy) is 1. The highest BCUT2D eigenvalue weighted by molar-refractivity contribution is 5.76.